The Kier molecular flexibility index (Phi) is 3.29. The van der Waals surface area contributed by atoms with Crippen LogP contribution in [0.4, 0.5) is 8.78 Å². The number of hydrogen-bond donors (Lipinski definition) is 1. The van der Waals surface area contributed by atoms with Crippen LogP contribution in [-0.2, 0) is 5.60 Å². The molecular formula is C16H14F2O3. The minimum Gasteiger partial charge on any atom is -0.486 e. The molecule has 21 heavy (non-hydrogen) atoms. The maximum Gasteiger partial charge on any atom is 0.165 e. The van der Waals surface area contributed by atoms with Crippen LogP contribution in [-0.4, -0.2) is 18.3 Å². The molecule has 2 aromatic carbocycles. The zero-order valence-electron chi connectivity index (χ0n) is 11.4. The molecule has 0 fully saturated rings. The van der Waals surface area contributed by atoms with Crippen LogP contribution in [0.1, 0.15) is 18.1 Å². The molecule has 0 saturated carbocycles. The Bertz CT molecular complexity index is 683. The van der Waals surface area contributed by atoms with Gasteiger partial charge >= 0.3 is 0 Å². The fourth-order valence-electron chi connectivity index (χ4n) is 2.38. The lowest BCUT2D eigenvalue weighted by atomic mass is 9.87. The fraction of sp³-hybridized carbons (Fsp3) is 0.250. The van der Waals surface area contributed by atoms with E-state index in [9.17, 15) is 13.9 Å². The fourth-order valence-corrected chi connectivity index (χ4v) is 2.38. The predicted octanol–water partition coefficient (Wildman–Crippen LogP) is 2.99. The zero-order valence-corrected chi connectivity index (χ0v) is 11.4. The summed E-state index contributed by atoms with van der Waals surface area (Å²) >= 11 is 0. The summed E-state index contributed by atoms with van der Waals surface area (Å²) < 4.78 is 38.1. The summed E-state index contributed by atoms with van der Waals surface area (Å²) in [5.74, 6) is -1.00. The molecule has 0 radical (unpaired) electrons. The van der Waals surface area contributed by atoms with E-state index >= 15 is 0 Å². The summed E-state index contributed by atoms with van der Waals surface area (Å²) in [6, 6.07) is 8.57. The molecule has 1 aliphatic heterocycles. The number of benzene rings is 2. The van der Waals surface area contributed by atoms with Crippen LogP contribution in [0.25, 0.3) is 0 Å². The quantitative estimate of drug-likeness (QED) is 0.925. The van der Waals surface area contributed by atoms with Gasteiger partial charge in [0.2, 0.25) is 0 Å². The van der Waals surface area contributed by atoms with Gasteiger partial charge in [0.05, 0.1) is 0 Å². The molecule has 0 saturated heterocycles. The lowest BCUT2D eigenvalue weighted by molar-refractivity contribution is 0.0958. The highest BCUT2D eigenvalue weighted by Gasteiger charge is 2.31. The van der Waals surface area contributed by atoms with Crippen LogP contribution in [0.2, 0.25) is 0 Å². The number of fused-ring (bicyclic) bond motifs is 1. The number of rotatable bonds is 2. The van der Waals surface area contributed by atoms with Gasteiger partial charge in [-0.05, 0) is 30.7 Å². The molecule has 0 aromatic heterocycles. The topological polar surface area (TPSA) is 38.7 Å². The first-order valence-corrected chi connectivity index (χ1v) is 6.57. The maximum atomic E-state index is 13.9. The molecule has 3 nitrogen and oxygen atoms in total. The Morgan fingerprint density at radius 2 is 1.76 bits per heavy atom. The third-order valence-corrected chi connectivity index (χ3v) is 3.58. The Morgan fingerprint density at radius 1 is 1.05 bits per heavy atom. The highest BCUT2D eigenvalue weighted by Crippen LogP contribution is 2.38. The van der Waals surface area contributed by atoms with Gasteiger partial charge in [-0.1, -0.05) is 18.2 Å². The predicted molar refractivity (Wildman–Crippen MR) is 72.5 cm³/mol. The summed E-state index contributed by atoms with van der Waals surface area (Å²) in [5, 5.41) is 10.7. The Balaban J connectivity index is 2.07. The highest BCUT2D eigenvalue weighted by molar-refractivity contribution is 5.48. The van der Waals surface area contributed by atoms with Crippen LogP contribution >= 0.6 is 0 Å². The second kappa shape index (κ2) is 5.00. The lowest BCUT2D eigenvalue weighted by Gasteiger charge is -2.27. The Labute approximate surface area is 120 Å². The van der Waals surface area contributed by atoms with Crippen LogP contribution in [0, 0.1) is 11.6 Å². The minimum absolute atomic E-state index is 0.126. The van der Waals surface area contributed by atoms with E-state index in [2.05, 4.69) is 0 Å². The summed E-state index contributed by atoms with van der Waals surface area (Å²) in [6.07, 6.45) is 0. The first kappa shape index (κ1) is 13.8. The molecule has 0 bridgehead atoms. The molecule has 2 aromatic rings. The molecule has 0 amide bonds. The van der Waals surface area contributed by atoms with Crippen molar-refractivity contribution >= 4 is 0 Å². The van der Waals surface area contributed by atoms with E-state index in [1.54, 1.807) is 18.2 Å². The van der Waals surface area contributed by atoms with Crippen molar-refractivity contribution in [1.29, 1.82) is 0 Å². The van der Waals surface area contributed by atoms with Gasteiger partial charge < -0.3 is 14.6 Å². The van der Waals surface area contributed by atoms with Gasteiger partial charge in [-0.2, -0.15) is 0 Å². The normalized spacial score (nSPS) is 16.4. The Hall–Kier alpha value is -2.14. The van der Waals surface area contributed by atoms with E-state index < -0.39 is 17.2 Å². The van der Waals surface area contributed by atoms with Crippen molar-refractivity contribution in [2.45, 2.75) is 12.5 Å². The second-order valence-corrected chi connectivity index (χ2v) is 5.03. The first-order valence-electron chi connectivity index (χ1n) is 6.57. The zero-order chi connectivity index (χ0) is 15.0. The van der Waals surface area contributed by atoms with Crippen molar-refractivity contribution in [1.82, 2.24) is 0 Å². The molecule has 1 N–H and O–H groups in total. The van der Waals surface area contributed by atoms with Gasteiger partial charge in [0.15, 0.2) is 23.1 Å². The summed E-state index contributed by atoms with van der Waals surface area (Å²) in [5.41, 5.74) is -1.41. The molecule has 1 atom stereocenters. The van der Waals surface area contributed by atoms with E-state index in [1.807, 2.05) is 0 Å². The molecule has 1 aliphatic rings. The van der Waals surface area contributed by atoms with Gasteiger partial charge in [0, 0.05) is 5.56 Å². The molecule has 0 aliphatic carbocycles. The smallest absolute Gasteiger partial charge is 0.165 e. The third kappa shape index (κ3) is 2.34. The van der Waals surface area contributed by atoms with Crippen LogP contribution < -0.4 is 9.47 Å². The van der Waals surface area contributed by atoms with Crippen molar-refractivity contribution in [3.63, 3.8) is 0 Å². The number of aliphatic hydroxyl groups is 1. The Morgan fingerprint density at radius 3 is 2.52 bits per heavy atom. The molecular weight excluding hydrogens is 278 g/mol. The van der Waals surface area contributed by atoms with E-state index in [-0.39, 0.29) is 5.56 Å². The number of halogens is 2. The van der Waals surface area contributed by atoms with Gasteiger partial charge in [-0.25, -0.2) is 8.78 Å². The molecule has 1 unspecified atom stereocenters. The van der Waals surface area contributed by atoms with E-state index in [0.29, 0.717) is 30.3 Å². The highest BCUT2D eigenvalue weighted by atomic mass is 19.2. The average Bonchev–Trinajstić information content (AvgIpc) is 2.49. The van der Waals surface area contributed by atoms with E-state index in [1.165, 1.54) is 19.1 Å². The SMILES string of the molecule is CC(O)(c1ccc2c(c1)OCCO2)c1cccc(F)c1F. The minimum atomic E-state index is -1.68. The van der Waals surface area contributed by atoms with E-state index in [0.717, 1.165) is 6.07 Å². The summed E-state index contributed by atoms with van der Waals surface area (Å²) in [4.78, 5) is 0. The summed E-state index contributed by atoms with van der Waals surface area (Å²) in [6.45, 7) is 2.28. The van der Waals surface area contributed by atoms with Crippen molar-refractivity contribution in [2.24, 2.45) is 0 Å². The number of ether oxygens (including phenoxy) is 2. The van der Waals surface area contributed by atoms with Crippen LogP contribution in [0.5, 0.6) is 11.5 Å². The van der Waals surface area contributed by atoms with Crippen LogP contribution in [0.15, 0.2) is 36.4 Å². The van der Waals surface area contributed by atoms with Crippen molar-refractivity contribution in [3.8, 4) is 11.5 Å². The monoisotopic (exact) mass is 292 g/mol. The third-order valence-electron chi connectivity index (χ3n) is 3.58. The van der Waals surface area contributed by atoms with Gasteiger partial charge in [0.1, 0.15) is 18.8 Å². The molecule has 1 heterocycles. The van der Waals surface area contributed by atoms with E-state index in [4.69, 9.17) is 9.47 Å². The van der Waals surface area contributed by atoms with Gasteiger partial charge in [0.25, 0.3) is 0 Å². The van der Waals surface area contributed by atoms with Gasteiger partial charge in [-0.15, -0.1) is 0 Å². The molecule has 5 heteroatoms. The van der Waals surface area contributed by atoms with Crippen LogP contribution in [0.3, 0.4) is 0 Å². The second-order valence-electron chi connectivity index (χ2n) is 5.03. The summed E-state index contributed by atoms with van der Waals surface area (Å²) in [7, 11) is 0. The molecule has 110 valence electrons. The largest absolute Gasteiger partial charge is 0.486 e. The first-order chi connectivity index (χ1) is 10.00. The standard InChI is InChI=1S/C16H14F2O3/c1-16(19,11-3-2-4-12(17)15(11)18)10-5-6-13-14(9-10)21-8-7-20-13/h2-6,9,19H,7-8H2,1H3. The van der Waals surface area contributed by atoms with Crippen molar-refractivity contribution < 1.29 is 23.4 Å². The molecule has 3 rings (SSSR count). The maximum absolute atomic E-state index is 13.9. The van der Waals surface area contributed by atoms with Crippen molar-refractivity contribution in [3.05, 3.63) is 59.2 Å². The van der Waals surface area contributed by atoms with Crippen molar-refractivity contribution in [2.75, 3.05) is 13.2 Å². The average molecular weight is 292 g/mol. The molecule has 0 spiro atoms. The van der Waals surface area contributed by atoms with Gasteiger partial charge in [-0.3, -0.25) is 0 Å². The number of hydrogen-bond acceptors (Lipinski definition) is 3. The lowest BCUT2D eigenvalue weighted by Crippen LogP contribution is -2.25.